The Bertz CT molecular complexity index is 1170. The molecule has 1 fully saturated rings. The lowest BCUT2D eigenvalue weighted by atomic mass is 9.77. The summed E-state index contributed by atoms with van der Waals surface area (Å²) in [5.74, 6) is 0.670. The molecule has 1 aliphatic carbocycles. The average Bonchev–Trinajstić information content (AvgIpc) is 3.13. The number of rotatable bonds is 2. The number of nitrogens with zero attached hydrogens (tertiary/aromatic N) is 4. The minimum atomic E-state index is -0.168. The van der Waals surface area contributed by atoms with E-state index in [0.29, 0.717) is 18.7 Å². The maximum absolute atomic E-state index is 13.1. The van der Waals surface area contributed by atoms with Crippen molar-refractivity contribution in [3.05, 3.63) is 82.0 Å². The zero-order valence-electron chi connectivity index (χ0n) is 17.0. The Morgan fingerprint density at radius 2 is 1.97 bits per heavy atom. The van der Waals surface area contributed by atoms with Crippen LogP contribution in [-0.2, 0) is 18.9 Å². The molecule has 0 radical (unpaired) electrons. The van der Waals surface area contributed by atoms with Crippen LogP contribution in [0.2, 0.25) is 0 Å². The first-order valence-corrected chi connectivity index (χ1v) is 10.4. The number of aryl methyl sites for hydroxylation is 2. The summed E-state index contributed by atoms with van der Waals surface area (Å²) in [6.07, 6.45) is 7.49. The molecule has 3 heterocycles. The zero-order chi connectivity index (χ0) is 20.7. The highest BCUT2D eigenvalue weighted by molar-refractivity contribution is 5.94. The summed E-state index contributed by atoms with van der Waals surface area (Å²) < 4.78 is 1.48. The van der Waals surface area contributed by atoms with Crippen molar-refractivity contribution in [1.82, 2.24) is 19.4 Å². The molecule has 3 aromatic rings. The van der Waals surface area contributed by atoms with Gasteiger partial charge in [0.25, 0.3) is 11.5 Å². The molecule has 6 heteroatoms. The fourth-order valence-electron chi connectivity index (χ4n) is 4.83. The van der Waals surface area contributed by atoms with Crippen LogP contribution in [0.15, 0.2) is 59.7 Å². The summed E-state index contributed by atoms with van der Waals surface area (Å²) >= 11 is 0. The van der Waals surface area contributed by atoms with Gasteiger partial charge in [0.05, 0.1) is 5.69 Å². The van der Waals surface area contributed by atoms with Crippen LogP contribution in [-0.4, -0.2) is 38.4 Å². The molecule has 0 N–H and O–H groups in total. The van der Waals surface area contributed by atoms with Crippen LogP contribution >= 0.6 is 0 Å². The third-order valence-electron chi connectivity index (χ3n) is 6.49. The molecule has 1 aliphatic heterocycles. The lowest BCUT2D eigenvalue weighted by Crippen LogP contribution is -2.48. The maximum Gasteiger partial charge on any atom is 0.254 e. The van der Waals surface area contributed by atoms with Crippen molar-refractivity contribution in [2.75, 3.05) is 13.1 Å². The van der Waals surface area contributed by atoms with Gasteiger partial charge < -0.3 is 9.47 Å². The van der Waals surface area contributed by atoms with Crippen LogP contribution in [0, 0.1) is 0 Å². The third kappa shape index (κ3) is 3.12. The smallest absolute Gasteiger partial charge is 0.254 e. The Hall–Kier alpha value is -3.28. The van der Waals surface area contributed by atoms with Gasteiger partial charge in [-0.15, -0.1) is 0 Å². The zero-order valence-corrected chi connectivity index (χ0v) is 17.0. The lowest BCUT2D eigenvalue weighted by molar-refractivity contribution is 0.0633. The molecule has 2 aromatic heterocycles. The van der Waals surface area contributed by atoms with Gasteiger partial charge in [-0.3, -0.25) is 9.59 Å². The van der Waals surface area contributed by atoms with Crippen molar-refractivity contribution in [1.29, 1.82) is 0 Å². The average molecular weight is 400 g/mol. The Morgan fingerprint density at radius 3 is 2.77 bits per heavy atom. The second kappa shape index (κ2) is 7.20. The first kappa shape index (κ1) is 18.7. The van der Waals surface area contributed by atoms with Crippen LogP contribution in [0.25, 0.3) is 11.4 Å². The normalized spacial score (nSPS) is 20.4. The molecular weight excluding hydrogens is 376 g/mol. The summed E-state index contributed by atoms with van der Waals surface area (Å²) in [7, 11) is 1.69. The number of piperidine rings is 1. The van der Waals surface area contributed by atoms with E-state index >= 15 is 0 Å². The van der Waals surface area contributed by atoms with Crippen molar-refractivity contribution in [3.8, 4) is 11.4 Å². The van der Waals surface area contributed by atoms with Crippen LogP contribution in [0.1, 0.15) is 40.9 Å². The molecule has 1 spiro atoms. The van der Waals surface area contributed by atoms with Gasteiger partial charge in [0.2, 0.25) is 0 Å². The van der Waals surface area contributed by atoms with Gasteiger partial charge in [0, 0.05) is 55.1 Å². The summed E-state index contributed by atoms with van der Waals surface area (Å²) in [6.45, 7) is 1.35. The molecule has 5 rings (SSSR count). The van der Waals surface area contributed by atoms with Crippen LogP contribution < -0.4 is 5.56 Å². The highest BCUT2D eigenvalue weighted by Crippen LogP contribution is 2.44. The van der Waals surface area contributed by atoms with Crippen molar-refractivity contribution < 1.29 is 4.79 Å². The number of hydrogen-bond acceptors (Lipinski definition) is 4. The number of carbonyl (C=O) groups excluding carboxylic acids is 1. The van der Waals surface area contributed by atoms with E-state index in [1.54, 1.807) is 19.3 Å². The van der Waals surface area contributed by atoms with Gasteiger partial charge in [-0.1, -0.05) is 30.3 Å². The SMILES string of the molecule is Cn1ccc(C(=O)N2CCCC3(CCc4cnc(-c5ccccc5)nc43)C2)cc1=O. The van der Waals surface area contributed by atoms with Crippen molar-refractivity contribution in [2.24, 2.45) is 7.05 Å². The van der Waals surface area contributed by atoms with Gasteiger partial charge in [-0.05, 0) is 37.3 Å². The van der Waals surface area contributed by atoms with E-state index in [9.17, 15) is 9.59 Å². The fraction of sp³-hybridized carbons (Fsp3) is 0.333. The molecule has 0 saturated carbocycles. The molecule has 1 amide bonds. The predicted molar refractivity (Wildman–Crippen MR) is 114 cm³/mol. The molecule has 152 valence electrons. The number of carbonyl (C=O) groups is 1. The van der Waals surface area contributed by atoms with Gasteiger partial charge in [0.15, 0.2) is 5.82 Å². The number of hydrogen-bond donors (Lipinski definition) is 0. The fourth-order valence-corrected chi connectivity index (χ4v) is 4.83. The minimum absolute atomic E-state index is 0.0717. The van der Waals surface area contributed by atoms with Crippen LogP contribution in [0.4, 0.5) is 0 Å². The number of benzene rings is 1. The van der Waals surface area contributed by atoms with Crippen LogP contribution in [0.5, 0.6) is 0 Å². The van der Waals surface area contributed by atoms with Crippen molar-refractivity contribution in [3.63, 3.8) is 0 Å². The first-order chi connectivity index (χ1) is 14.6. The third-order valence-corrected chi connectivity index (χ3v) is 6.49. The molecule has 2 aliphatic rings. The highest BCUT2D eigenvalue weighted by atomic mass is 16.2. The summed E-state index contributed by atoms with van der Waals surface area (Å²) in [6, 6.07) is 13.2. The van der Waals surface area contributed by atoms with Gasteiger partial charge in [0.1, 0.15) is 0 Å². The predicted octanol–water partition coefficient (Wildman–Crippen LogP) is 2.96. The molecular formula is C24H24N4O2. The maximum atomic E-state index is 13.1. The van der Waals surface area contributed by atoms with E-state index in [2.05, 4.69) is 4.98 Å². The molecule has 6 nitrogen and oxygen atoms in total. The summed E-state index contributed by atoms with van der Waals surface area (Å²) in [5, 5.41) is 0. The van der Waals surface area contributed by atoms with E-state index < -0.39 is 0 Å². The molecule has 30 heavy (non-hydrogen) atoms. The number of aromatic nitrogens is 3. The number of fused-ring (bicyclic) bond motifs is 2. The van der Waals surface area contributed by atoms with E-state index in [-0.39, 0.29) is 16.9 Å². The highest BCUT2D eigenvalue weighted by Gasteiger charge is 2.44. The standard InChI is InChI=1S/C24H24N4O2/c1-27-13-9-18(14-20(27)29)23(30)28-12-5-10-24(16-28)11-8-19-15-25-22(26-21(19)24)17-6-3-2-4-7-17/h2-4,6-7,9,13-15H,5,8,10-12,16H2,1H3. The summed E-state index contributed by atoms with van der Waals surface area (Å²) in [5.41, 5.74) is 3.46. The molecule has 1 atom stereocenters. The van der Waals surface area contributed by atoms with E-state index in [4.69, 9.17) is 4.98 Å². The molecule has 1 saturated heterocycles. The van der Waals surface area contributed by atoms with Gasteiger partial charge in [-0.25, -0.2) is 9.97 Å². The Kier molecular flexibility index (Phi) is 4.50. The van der Waals surface area contributed by atoms with Crippen molar-refractivity contribution >= 4 is 5.91 Å². The first-order valence-electron chi connectivity index (χ1n) is 10.4. The number of pyridine rings is 1. The van der Waals surface area contributed by atoms with E-state index in [1.807, 2.05) is 41.4 Å². The van der Waals surface area contributed by atoms with Gasteiger partial charge in [-0.2, -0.15) is 0 Å². The van der Waals surface area contributed by atoms with Crippen LogP contribution in [0.3, 0.4) is 0 Å². The van der Waals surface area contributed by atoms with E-state index in [0.717, 1.165) is 42.8 Å². The number of amides is 1. The van der Waals surface area contributed by atoms with E-state index in [1.165, 1.54) is 16.2 Å². The Labute approximate surface area is 175 Å². The topological polar surface area (TPSA) is 68.1 Å². The van der Waals surface area contributed by atoms with Gasteiger partial charge >= 0.3 is 0 Å². The summed E-state index contributed by atoms with van der Waals surface area (Å²) in [4.78, 5) is 36.6. The lowest BCUT2D eigenvalue weighted by Gasteiger charge is -2.40. The second-order valence-corrected chi connectivity index (χ2v) is 8.41. The second-order valence-electron chi connectivity index (χ2n) is 8.41. The Morgan fingerprint density at radius 1 is 1.13 bits per heavy atom. The quantitative estimate of drug-likeness (QED) is 0.663. The molecule has 0 bridgehead atoms. The minimum Gasteiger partial charge on any atom is -0.338 e. The number of likely N-dealkylation sites (tertiary alicyclic amines) is 1. The Balaban J connectivity index is 1.47. The largest absolute Gasteiger partial charge is 0.338 e. The van der Waals surface area contributed by atoms with Crippen molar-refractivity contribution in [2.45, 2.75) is 31.1 Å². The molecule has 1 aromatic carbocycles. The molecule has 1 unspecified atom stereocenters. The monoisotopic (exact) mass is 400 g/mol.